The average molecular weight is 364 g/mol. The van der Waals surface area contributed by atoms with Crippen molar-refractivity contribution in [1.82, 2.24) is 4.90 Å². The summed E-state index contributed by atoms with van der Waals surface area (Å²) >= 11 is 5.95. The SMILES string of the molecule is CC1CC(O)(c2ccc(Cl)cc2)C[C@H](C)N1C(=O)C1CCCC(=O)C1. The molecular weight excluding hydrogens is 338 g/mol. The maximum atomic E-state index is 13.0. The number of aliphatic hydroxyl groups is 1. The van der Waals surface area contributed by atoms with Crippen molar-refractivity contribution in [2.24, 2.45) is 5.92 Å². The Bertz CT molecular complexity index is 645. The molecule has 1 heterocycles. The molecule has 1 aliphatic heterocycles. The Labute approximate surface area is 154 Å². The smallest absolute Gasteiger partial charge is 0.226 e. The Kier molecular flexibility index (Phi) is 5.21. The number of carbonyl (C=O) groups excluding carboxylic acids is 2. The van der Waals surface area contributed by atoms with Crippen molar-refractivity contribution in [2.75, 3.05) is 0 Å². The van der Waals surface area contributed by atoms with Crippen LogP contribution in [0.4, 0.5) is 0 Å². The summed E-state index contributed by atoms with van der Waals surface area (Å²) in [4.78, 5) is 26.6. The highest BCUT2D eigenvalue weighted by Crippen LogP contribution is 2.40. The number of carbonyl (C=O) groups is 2. The number of piperidine rings is 1. The third-order valence-corrected chi connectivity index (χ3v) is 5.94. The lowest BCUT2D eigenvalue weighted by Crippen LogP contribution is -2.56. The van der Waals surface area contributed by atoms with Crippen LogP contribution >= 0.6 is 11.6 Å². The number of halogens is 1. The Morgan fingerprint density at radius 2 is 1.80 bits per heavy atom. The normalized spacial score (nSPS) is 33.4. The van der Waals surface area contributed by atoms with E-state index in [2.05, 4.69) is 0 Å². The molecule has 136 valence electrons. The van der Waals surface area contributed by atoms with Crippen LogP contribution in [-0.4, -0.2) is 33.8 Å². The Morgan fingerprint density at radius 1 is 1.20 bits per heavy atom. The molecule has 1 aliphatic carbocycles. The highest BCUT2D eigenvalue weighted by Gasteiger charge is 2.44. The largest absolute Gasteiger partial charge is 0.385 e. The number of hydrogen-bond donors (Lipinski definition) is 1. The number of nitrogens with zero attached hydrogens (tertiary/aromatic N) is 1. The number of hydrogen-bond acceptors (Lipinski definition) is 3. The summed E-state index contributed by atoms with van der Waals surface area (Å²) in [6, 6.07) is 7.14. The first kappa shape index (κ1) is 18.4. The van der Waals surface area contributed by atoms with Gasteiger partial charge in [0.05, 0.1) is 5.60 Å². The van der Waals surface area contributed by atoms with Crippen LogP contribution in [0.1, 0.15) is 57.9 Å². The molecule has 1 aromatic carbocycles. The summed E-state index contributed by atoms with van der Waals surface area (Å²) in [5.74, 6) is 0.0821. The van der Waals surface area contributed by atoms with E-state index < -0.39 is 5.60 Å². The highest BCUT2D eigenvalue weighted by atomic mass is 35.5. The average Bonchev–Trinajstić information content (AvgIpc) is 2.54. The van der Waals surface area contributed by atoms with Crippen molar-refractivity contribution in [1.29, 1.82) is 0 Å². The van der Waals surface area contributed by atoms with Crippen molar-refractivity contribution >= 4 is 23.3 Å². The molecule has 0 radical (unpaired) electrons. The van der Waals surface area contributed by atoms with Gasteiger partial charge in [0, 0.05) is 48.7 Å². The van der Waals surface area contributed by atoms with Gasteiger partial charge in [0.15, 0.2) is 0 Å². The molecule has 4 nitrogen and oxygen atoms in total. The molecular formula is C20H26ClNO3. The van der Waals surface area contributed by atoms with Crippen molar-refractivity contribution in [3.05, 3.63) is 34.9 Å². The van der Waals surface area contributed by atoms with E-state index in [1.165, 1.54) is 0 Å². The molecule has 0 aromatic heterocycles. The molecule has 2 fully saturated rings. The van der Waals surface area contributed by atoms with Crippen LogP contribution < -0.4 is 0 Å². The summed E-state index contributed by atoms with van der Waals surface area (Å²) in [6.07, 6.45) is 3.56. The molecule has 2 aliphatic rings. The Morgan fingerprint density at radius 3 is 2.36 bits per heavy atom. The molecule has 1 aromatic rings. The maximum Gasteiger partial charge on any atom is 0.226 e. The molecule has 5 heteroatoms. The van der Waals surface area contributed by atoms with E-state index in [-0.39, 0.29) is 29.7 Å². The molecule has 1 amide bonds. The molecule has 4 atom stereocenters. The molecule has 0 spiro atoms. The molecule has 1 N–H and O–H groups in total. The minimum absolute atomic E-state index is 0.0750. The van der Waals surface area contributed by atoms with Crippen LogP contribution in [0.15, 0.2) is 24.3 Å². The second-order valence-electron chi connectivity index (χ2n) is 7.72. The summed E-state index contributed by atoms with van der Waals surface area (Å²) in [5.41, 5.74) is -0.113. The first-order valence-corrected chi connectivity index (χ1v) is 9.50. The van der Waals surface area contributed by atoms with Gasteiger partial charge in [-0.2, -0.15) is 0 Å². The third kappa shape index (κ3) is 3.75. The Balaban J connectivity index is 1.76. The van der Waals surface area contributed by atoms with E-state index in [1.807, 2.05) is 30.9 Å². The summed E-state index contributed by atoms with van der Waals surface area (Å²) in [5, 5.41) is 11.8. The van der Waals surface area contributed by atoms with Gasteiger partial charge in [-0.15, -0.1) is 0 Å². The van der Waals surface area contributed by atoms with Crippen molar-refractivity contribution in [2.45, 2.75) is 70.1 Å². The minimum atomic E-state index is -0.956. The number of likely N-dealkylation sites (tertiary alicyclic amines) is 1. The van der Waals surface area contributed by atoms with Crippen LogP contribution in [0.2, 0.25) is 5.02 Å². The van der Waals surface area contributed by atoms with Gasteiger partial charge in [-0.3, -0.25) is 9.59 Å². The standard InChI is InChI=1S/C20H26ClNO3/c1-13-11-20(25,16-6-8-17(21)9-7-16)12-14(2)22(13)19(24)15-4-3-5-18(23)10-15/h6-9,13-15,25H,3-5,10-12H2,1-2H3/t13-,14?,15?,20?/m0/s1. The maximum absolute atomic E-state index is 13.0. The van der Waals surface area contributed by atoms with Gasteiger partial charge in [-0.05, 0) is 44.4 Å². The quantitative estimate of drug-likeness (QED) is 0.871. The second kappa shape index (κ2) is 7.08. The zero-order valence-corrected chi connectivity index (χ0v) is 15.6. The van der Waals surface area contributed by atoms with E-state index in [1.54, 1.807) is 12.1 Å². The lowest BCUT2D eigenvalue weighted by molar-refractivity contribution is -0.152. The molecule has 25 heavy (non-hydrogen) atoms. The van der Waals surface area contributed by atoms with Crippen LogP contribution in [0.5, 0.6) is 0 Å². The van der Waals surface area contributed by atoms with E-state index in [0.29, 0.717) is 30.7 Å². The zero-order valence-electron chi connectivity index (χ0n) is 14.9. The molecule has 3 rings (SSSR count). The fourth-order valence-corrected chi connectivity index (χ4v) is 4.69. The predicted molar refractivity (Wildman–Crippen MR) is 97.3 cm³/mol. The summed E-state index contributed by atoms with van der Waals surface area (Å²) in [6.45, 7) is 3.97. The fraction of sp³-hybridized carbons (Fsp3) is 0.600. The van der Waals surface area contributed by atoms with E-state index >= 15 is 0 Å². The Hall–Kier alpha value is -1.39. The van der Waals surface area contributed by atoms with Gasteiger partial charge in [0.1, 0.15) is 5.78 Å². The number of Topliss-reactive ketones (excluding diaryl/α,β-unsaturated/α-hetero) is 1. The summed E-state index contributed by atoms with van der Waals surface area (Å²) in [7, 11) is 0. The molecule has 3 unspecified atom stereocenters. The lowest BCUT2D eigenvalue weighted by atomic mass is 9.77. The molecule has 1 saturated carbocycles. The van der Waals surface area contributed by atoms with Gasteiger partial charge < -0.3 is 10.0 Å². The van der Waals surface area contributed by atoms with Gasteiger partial charge >= 0.3 is 0 Å². The summed E-state index contributed by atoms with van der Waals surface area (Å²) < 4.78 is 0. The third-order valence-electron chi connectivity index (χ3n) is 5.68. The van der Waals surface area contributed by atoms with Gasteiger partial charge in [0.2, 0.25) is 5.91 Å². The van der Waals surface area contributed by atoms with E-state index in [0.717, 1.165) is 18.4 Å². The predicted octanol–water partition coefficient (Wildman–Crippen LogP) is 3.69. The topological polar surface area (TPSA) is 57.6 Å². The minimum Gasteiger partial charge on any atom is -0.385 e. The fourth-order valence-electron chi connectivity index (χ4n) is 4.57. The highest BCUT2D eigenvalue weighted by molar-refractivity contribution is 6.30. The van der Waals surface area contributed by atoms with Crippen LogP contribution in [0, 0.1) is 5.92 Å². The molecule has 0 bridgehead atoms. The van der Waals surface area contributed by atoms with Crippen molar-refractivity contribution < 1.29 is 14.7 Å². The van der Waals surface area contributed by atoms with Crippen molar-refractivity contribution in [3.8, 4) is 0 Å². The number of amides is 1. The lowest BCUT2D eigenvalue weighted by Gasteiger charge is -2.48. The molecule has 1 saturated heterocycles. The number of rotatable bonds is 2. The number of benzene rings is 1. The van der Waals surface area contributed by atoms with Crippen molar-refractivity contribution in [3.63, 3.8) is 0 Å². The van der Waals surface area contributed by atoms with Crippen LogP contribution in [0.3, 0.4) is 0 Å². The first-order chi connectivity index (χ1) is 11.8. The number of ketones is 1. The van der Waals surface area contributed by atoms with Crippen LogP contribution in [-0.2, 0) is 15.2 Å². The first-order valence-electron chi connectivity index (χ1n) is 9.12. The van der Waals surface area contributed by atoms with E-state index in [9.17, 15) is 14.7 Å². The zero-order chi connectivity index (χ0) is 18.2. The second-order valence-corrected chi connectivity index (χ2v) is 8.16. The van der Waals surface area contributed by atoms with E-state index in [4.69, 9.17) is 11.6 Å². The van der Waals surface area contributed by atoms with Gasteiger partial charge in [-0.25, -0.2) is 0 Å². The monoisotopic (exact) mass is 363 g/mol. The van der Waals surface area contributed by atoms with Gasteiger partial charge in [0.25, 0.3) is 0 Å². The van der Waals surface area contributed by atoms with Crippen LogP contribution in [0.25, 0.3) is 0 Å². The van der Waals surface area contributed by atoms with Gasteiger partial charge in [-0.1, -0.05) is 23.7 Å².